The molecule has 8 aliphatic rings. The number of nitrogens with two attached hydrogens (primary N) is 2. The molecule has 55 heteroatoms. The number of nitrogens with zero attached hydrogens (tertiary/aromatic N) is 4. The average Bonchev–Trinajstić information content (AvgIpc) is 1.31. The Hall–Kier alpha value is -11.6. The van der Waals surface area contributed by atoms with Crippen molar-refractivity contribution in [3.8, 4) is 0 Å². The molecule has 10 amide bonds. The molecule has 0 spiro atoms. The summed E-state index contributed by atoms with van der Waals surface area (Å²) in [4.78, 5) is 245. The SMILES string of the molecule is CC(=O)O.CC(=O)O.CC(=O)O.O=C(O)C(=O)O.O=C(O)C(=O)O.O=C(O)C(=O)O.O=C(O)C1(C(=O)O)CCC1.O=C(O)CCCCCCN1C(=O)C=CC1=O.O=C(O)CCCN1C(=O)C=CC1=O.O=C(O)NCCN1C(=O)C=CC1=O.O=C(O)NCCN1C(=O)C=CC1=O.O=C(O)c1ccccc1.[CH2-][C@@H]1CCCC[C@H]1[NH-].[CH2-][C@@H]1CCCC[C@H]1[NH-].[CH2-][C@@H]1CC[C@@H](C)C[C@H]1[NH-].[NH2-].[NH2-].[Pt+2].[Pt+2].[Pt+2].[Pt+2]. The summed E-state index contributed by atoms with van der Waals surface area (Å²) in [6.45, 7) is 18.0. The number of carbonyl (C=O) groups is 24. The number of carbonyl (C=O) groups excluding carboxylic acids is 8. The molecule has 0 aromatic heterocycles. The molecule has 135 heavy (non-hydrogen) atoms. The number of aliphatic carboxylic acids is 13. The van der Waals surface area contributed by atoms with Gasteiger partial charge in [-0.25, -0.2) is 43.2 Å². The van der Waals surface area contributed by atoms with Crippen molar-refractivity contribution in [2.45, 2.75) is 181 Å². The van der Waals surface area contributed by atoms with Crippen molar-refractivity contribution >= 4 is 143 Å². The zero-order valence-corrected chi connectivity index (χ0v) is 82.5. The van der Waals surface area contributed by atoms with Crippen LogP contribution >= 0.6 is 0 Å². The number of imide groups is 4. The number of hydrogen-bond acceptors (Lipinski definition) is 24. The molecule has 0 unspecified atom stereocenters. The van der Waals surface area contributed by atoms with E-state index in [1.807, 2.05) is 0 Å². The number of carboxylic acid groups (broad SMARTS) is 16. The van der Waals surface area contributed by atoms with E-state index in [9.17, 15) is 71.9 Å². The molecule has 4 aliphatic carbocycles. The Morgan fingerprint density at radius 2 is 0.607 bits per heavy atom. The van der Waals surface area contributed by atoms with Crippen LogP contribution in [0, 0.1) is 49.9 Å². The Morgan fingerprint density at radius 1 is 0.356 bits per heavy atom. The van der Waals surface area contributed by atoms with Crippen molar-refractivity contribution in [3.63, 3.8) is 0 Å². The van der Waals surface area contributed by atoms with Crippen molar-refractivity contribution in [1.82, 2.24) is 30.2 Å². The van der Waals surface area contributed by atoms with Gasteiger partial charge in [-0.05, 0) is 56.6 Å². The van der Waals surface area contributed by atoms with Crippen molar-refractivity contribution < 1.29 is 281 Å². The van der Waals surface area contributed by atoms with Crippen LogP contribution in [0.4, 0.5) is 9.59 Å². The molecule has 1 aromatic carbocycles. The quantitative estimate of drug-likeness (QED) is 0.0197. The first kappa shape index (κ1) is 149. The van der Waals surface area contributed by atoms with Gasteiger partial charge in [0, 0.05) is 121 Å². The Labute approximate surface area is 832 Å². The van der Waals surface area contributed by atoms with E-state index in [0.717, 1.165) is 111 Å². The monoisotopic (exact) mass is 2650 g/mol. The molecular weight excluding hydrogens is 2540 g/mol. The summed E-state index contributed by atoms with van der Waals surface area (Å²) in [5.41, 5.74) is 21.3. The van der Waals surface area contributed by atoms with Crippen molar-refractivity contribution in [2.75, 3.05) is 39.3 Å². The fourth-order valence-corrected chi connectivity index (χ4v) is 9.93. The second-order valence-electron chi connectivity index (χ2n) is 27.4. The van der Waals surface area contributed by atoms with Crippen LogP contribution in [-0.2, 0) is 185 Å². The Kier molecular flexibility index (Phi) is 95.5. The zero-order valence-electron chi connectivity index (χ0n) is 73.4. The maximum absolute atomic E-state index is 11.1. The number of hydrogen-bond donors (Lipinski definition) is 18. The van der Waals surface area contributed by atoms with Crippen LogP contribution in [-0.4, -0.2) is 302 Å². The van der Waals surface area contributed by atoms with Gasteiger partial charge in [-0.3, -0.25) is 91.5 Å². The third-order valence-electron chi connectivity index (χ3n) is 16.8. The van der Waals surface area contributed by atoms with Gasteiger partial charge in [-0.1, -0.05) is 109 Å². The molecule has 7 atom stereocenters. The Bertz CT molecular complexity index is 3640. The van der Waals surface area contributed by atoms with Gasteiger partial charge in [0.15, 0.2) is 5.41 Å². The van der Waals surface area contributed by atoms with E-state index < -0.39 is 125 Å². The smallest absolute Gasteiger partial charge is 0.693 e. The van der Waals surface area contributed by atoms with Crippen LogP contribution in [0.2, 0.25) is 0 Å². The van der Waals surface area contributed by atoms with E-state index in [0.29, 0.717) is 49.1 Å². The molecule has 4 heterocycles. The second kappa shape index (κ2) is 86.5. The third kappa shape index (κ3) is 82.8. The first-order valence-electron chi connectivity index (χ1n) is 38.6. The molecule has 4 fully saturated rings. The predicted molar refractivity (Wildman–Crippen MR) is 455 cm³/mol. The summed E-state index contributed by atoms with van der Waals surface area (Å²) in [5, 5.41) is 129. The van der Waals surface area contributed by atoms with Crippen molar-refractivity contribution in [3.05, 3.63) is 135 Å². The molecule has 4 saturated carbocycles. The first-order chi connectivity index (χ1) is 59.8. The molecule has 772 valence electrons. The Morgan fingerprint density at radius 3 is 0.800 bits per heavy atom. The minimum Gasteiger partial charge on any atom is -0.693 e. The standard InChI is InChI=1S/C11H15NO4.C8H9NO4.C8H15N.2C7H8N2O4.2C7H13N.C7H6O2.C6H8O4.3C2H2O4.3C2H4O2.2H2N.4Pt/c13-9-6-7-10(14)12(9)8-4-2-1-3-5-11(15)16;10-6-3-4-7(11)9(6)5-1-2-8(12)13;1-6-3-4-7(2)8(9)5-6;2*10-5-1-2-6(11)9(5)4-3-8-7(12)13;2*1-6-4-2-3-5-7(6)8;8-7(9)6-4-2-1-3-5-6;7-4(8)6(5(9)10)2-1-3-6;3*3-1(4)2(5)6;3*1-2(3)4;;;;;;/h6-7H,1-5,8H2,(H,15,16);3-4H,1-2,5H2,(H,12,13);6-9H,2-5H2,1H3;2*1-2,8H,3-4H2,(H,12,13);2*6-8H,1-5H2;1-5H,(H,8,9);1-3H2,(H,7,8)(H,9,10);3*(H,3,4)(H,5,6);3*1H3,(H,3,4);2*1H2;;;;/q;;-2;;;2*-2;;;;;;;;;2*-1;4*+2/t;;6-,7-,8-;;;2*6-,7-;;;;;;;;;;;;;;/m..1..11............../s1. The van der Waals surface area contributed by atoms with E-state index in [4.69, 9.17) is 142 Å². The third-order valence-corrected chi connectivity index (χ3v) is 16.8. The van der Waals surface area contributed by atoms with Crippen LogP contribution in [0.5, 0.6) is 0 Å². The maximum atomic E-state index is 11.1. The van der Waals surface area contributed by atoms with Crippen molar-refractivity contribution in [1.29, 1.82) is 0 Å². The number of amides is 10. The molecule has 0 radical (unpaired) electrons. The van der Waals surface area contributed by atoms with Gasteiger partial charge >= 0.3 is 162 Å². The first-order valence-corrected chi connectivity index (χ1v) is 38.6. The molecule has 9 rings (SSSR count). The van der Waals surface area contributed by atoms with E-state index in [2.05, 4.69) is 38.3 Å². The normalized spacial score (nSPS) is 17.6. The van der Waals surface area contributed by atoms with Gasteiger partial charge in [0.05, 0.1) is 5.56 Å². The Balaban J connectivity index is -0.000000122. The van der Waals surface area contributed by atoms with Crippen LogP contribution in [0.1, 0.15) is 173 Å². The number of rotatable bonds is 20. The summed E-state index contributed by atoms with van der Waals surface area (Å²) < 4.78 is 0. The maximum Gasteiger partial charge on any atom is 2.00 e. The molecule has 4 aliphatic heterocycles. The zero-order chi connectivity index (χ0) is 101. The van der Waals surface area contributed by atoms with E-state index >= 15 is 0 Å². The summed E-state index contributed by atoms with van der Waals surface area (Å²) in [7, 11) is 0. The van der Waals surface area contributed by atoms with Crippen LogP contribution in [0.3, 0.4) is 0 Å². The second-order valence-corrected chi connectivity index (χ2v) is 27.4. The topological polar surface area (TPSA) is 909 Å². The van der Waals surface area contributed by atoms with Gasteiger partial charge in [-0.15, -0.1) is 0 Å². The molecule has 1 aromatic rings. The summed E-state index contributed by atoms with van der Waals surface area (Å²) >= 11 is 0. The number of unbranched alkanes of at least 4 members (excludes halogenated alkanes) is 3. The van der Waals surface area contributed by atoms with Crippen molar-refractivity contribution in [2.24, 2.45) is 29.1 Å². The van der Waals surface area contributed by atoms with Gasteiger partial charge in [0.1, 0.15) is 0 Å². The molecule has 51 nitrogen and oxygen atoms in total. The number of aromatic carboxylic acids is 1. The van der Waals surface area contributed by atoms with Crippen LogP contribution in [0.15, 0.2) is 78.9 Å². The fraction of sp³-hybridized carbons (Fsp3) is 0.487. The summed E-state index contributed by atoms with van der Waals surface area (Å²) in [5.74, 6) is -19.3. The van der Waals surface area contributed by atoms with Gasteiger partial charge < -0.3 is 143 Å². The van der Waals surface area contributed by atoms with Crippen LogP contribution in [0.25, 0.3) is 29.5 Å². The average molecular weight is 2650 g/mol. The van der Waals surface area contributed by atoms with Gasteiger partial charge in [0.25, 0.3) is 65.2 Å². The number of nitrogens with one attached hydrogen (secondary N) is 5. The van der Waals surface area contributed by atoms with E-state index in [1.54, 1.807) is 30.3 Å². The largest absolute Gasteiger partial charge is 2.00 e. The van der Waals surface area contributed by atoms with Gasteiger partial charge in [-0.2, -0.15) is 35.9 Å². The number of benzene rings is 1. The molecule has 25 N–H and O–H groups in total. The molecule has 0 saturated heterocycles. The molecular formula is C80H117N11O40Pt4. The summed E-state index contributed by atoms with van der Waals surface area (Å²) in [6, 6.07) is 8.70. The molecule has 0 bridgehead atoms. The minimum absolute atomic E-state index is 0. The van der Waals surface area contributed by atoms with Gasteiger partial charge in [0.2, 0.25) is 0 Å². The minimum atomic E-state index is -1.82. The predicted octanol–water partition coefficient (Wildman–Crippen LogP) is 7.50. The summed E-state index contributed by atoms with van der Waals surface area (Å²) in [6.07, 6.45) is 25.0. The fourth-order valence-electron chi connectivity index (χ4n) is 9.93. The number of carboxylic acids is 14. The van der Waals surface area contributed by atoms with E-state index in [1.165, 1.54) is 74.1 Å². The van der Waals surface area contributed by atoms with E-state index in [-0.39, 0.29) is 197 Å². The van der Waals surface area contributed by atoms with Crippen LogP contribution < -0.4 is 10.6 Å².